The van der Waals surface area contributed by atoms with Crippen molar-refractivity contribution >= 4 is 22.6 Å². The van der Waals surface area contributed by atoms with Gasteiger partial charge >= 0.3 is 6.01 Å². The van der Waals surface area contributed by atoms with E-state index in [0.717, 1.165) is 16.4 Å². The molecule has 0 unspecified atom stereocenters. The lowest BCUT2D eigenvalue weighted by Gasteiger charge is -2.25. The Kier molecular flexibility index (Phi) is 4.72. The first-order valence-corrected chi connectivity index (χ1v) is 6.07. The van der Waals surface area contributed by atoms with Crippen molar-refractivity contribution in [3.8, 4) is 6.01 Å². The highest BCUT2D eigenvalue weighted by Gasteiger charge is 2.21. The van der Waals surface area contributed by atoms with E-state index in [-0.39, 0.29) is 5.54 Å². The predicted octanol–water partition coefficient (Wildman–Crippen LogP) is 1.98. The second-order valence-corrected chi connectivity index (χ2v) is 4.79. The van der Waals surface area contributed by atoms with E-state index in [1.165, 1.54) is 0 Å². The topological polar surface area (TPSA) is 61.0 Å². The number of ether oxygens (including phenoxy) is 1. The van der Waals surface area contributed by atoms with Crippen LogP contribution in [-0.2, 0) is 0 Å². The minimum Gasteiger partial charge on any atom is -0.462 e. The molecule has 0 bridgehead atoms. The normalized spacial score (nSPS) is 11.5. The molecule has 0 saturated carbocycles. The average molecular weight is 321 g/mol. The Morgan fingerprint density at radius 2 is 1.87 bits per heavy atom. The summed E-state index contributed by atoms with van der Waals surface area (Å²) in [6.07, 6.45) is 5.21. The fraction of sp³-hybridized carbons (Fsp3) is 0.600. The van der Waals surface area contributed by atoms with Crippen LogP contribution in [0, 0.1) is 3.57 Å². The van der Waals surface area contributed by atoms with Crippen LogP contribution in [0.4, 0.5) is 0 Å². The number of halogens is 1. The second-order valence-electron chi connectivity index (χ2n) is 3.54. The van der Waals surface area contributed by atoms with E-state index < -0.39 is 0 Å². The lowest BCUT2D eigenvalue weighted by molar-refractivity contribution is 0.194. The van der Waals surface area contributed by atoms with E-state index in [1.807, 2.05) is 0 Å². The van der Waals surface area contributed by atoms with Crippen molar-refractivity contribution in [1.29, 1.82) is 0 Å². The van der Waals surface area contributed by atoms with Gasteiger partial charge < -0.3 is 10.5 Å². The molecule has 1 heterocycles. The van der Waals surface area contributed by atoms with Gasteiger partial charge in [-0.2, -0.15) is 0 Å². The molecular formula is C10H16IN3O. The van der Waals surface area contributed by atoms with Gasteiger partial charge in [-0.1, -0.05) is 13.8 Å². The van der Waals surface area contributed by atoms with Gasteiger partial charge in [-0.05, 0) is 35.4 Å². The van der Waals surface area contributed by atoms with Crippen LogP contribution >= 0.6 is 22.6 Å². The van der Waals surface area contributed by atoms with Gasteiger partial charge in [-0.3, -0.25) is 0 Å². The van der Waals surface area contributed by atoms with Gasteiger partial charge in [0.1, 0.15) is 6.61 Å². The third kappa shape index (κ3) is 3.90. The highest BCUT2D eigenvalue weighted by molar-refractivity contribution is 14.1. The van der Waals surface area contributed by atoms with E-state index in [4.69, 9.17) is 10.5 Å². The van der Waals surface area contributed by atoms with Gasteiger partial charge in [0.15, 0.2) is 0 Å². The molecule has 5 heteroatoms. The molecule has 0 aliphatic rings. The van der Waals surface area contributed by atoms with E-state index in [2.05, 4.69) is 46.4 Å². The zero-order valence-electron chi connectivity index (χ0n) is 9.03. The molecule has 0 saturated heterocycles. The van der Waals surface area contributed by atoms with Gasteiger partial charge in [0.05, 0.1) is 0 Å². The van der Waals surface area contributed by atoms with Crippen LogP contribution in [0.5, 0.6) is 6.01 Å². The minimum absolute atomic E-state index is 0.271. The number of nitrogens with zero attached hydrogens (tertiary/aromatic N) is 2. The summed E-state index contributed by atoms with van der Waals surface area (Å²) in [6, 6.07) is 0.396. The molecule has 84 valence electrons. The quantitative estimate of drug-likeness (QED) is 0.843. The molecule has 15 heavy (non-hydrogen) atoms. The fourth-order valence-electron chi connectivity index (χ4n) is 1.04. The van der Waals surface area contributed by atoms with Crippen molar-refractivity contribution in [2.75, 3.05) is 6.61 Å². The van der Waals surface area contributed by atoms with E-state index >= 15 is 0 Å². The number of hydrogen-bond acceptors (Lipinski definition) is 4. The SMILES string of the molecule is CCC(N)(CC)COc1ncc(I)cn1. The van der Waals surface area contributed by atoms with Crippen molar-refractivity contribution < 1.29 is 4.74 Å². The Bertz CT molecular complexity index is 298. The third-order valence-corrected chi connectivity index (χ3v) is 3.05. The molecule has 0 aliphatic heterocycles. The zero-order chi connectivity index (χ0) is 11.3. The van der Waals surface area contributed by atoms with Gasteiger partial charge in [0.2, 0.25) is 0 Å². The Morgan fingerprint density at radius 1 is 1.33 bits per heavy atom. The van der Waals surface area contributed by atoms with Crippen LogP contribution in [0.15, 0.2) is 12.4 Å². The summed E-state index contributed by atoms with van der Waals surface area (Å²) >= 11 is 2.15. The number of rotatable bonds is 5. The van der Waals surface area contributed by atoms with Crippen molar-refractivity contribution in [3.63, 3.8) is 0 Å². The van der Waals surface area contributed by atoms with Gasteiger partial charge in [0.25, 0.3) is 0 Å². The van der Waals surface area contributed by atoms with Gasteiger partial charge in [-0.25, -0.2) is 9.97 Å². The van der Waals surface area contributed by atoms with Gasteiger partial charge in [0, 0.05) is 21.5 Å². The first-order chi connectivity index (χ1) is 7.09. The molecule has 0 aromatic carbocycles. The molecule has 0 spiro atoms. The van der Waals surface area contributed by atoms with Crippen molar-refractivity contribution in [3.05, 3.63) is 16.0 Å². The van der Waals surface area contributed by atoms with Crippen LogP contribution in [0.3, 0.4) is 0 Å². The molecule has 0 atom stereocenters. The highest BCUT2D eigenvalue weighted by Crippen LogP contribution is 2.13. The number of hydrogen-bond donors (Lipinski definition) is 1. The second kappa shape index (κ2) is 5.60. The maximum Gasteiger partial charge on any atom is 0.316 e. The predicted molar refractivity (Wildman–Crippen MR) is 67.7 cm³/mol. The molecular weight excluding hydrogens is 305 g/mol. The van der Waals surface area contributed by atoms with Crippen LogP contribution in [0.25, 0.3) is 0 Å². The number of aromatic nitrogens is 2. The molecule has 0 fully saturated rings. The molecule has 1 aromatic heterocycles. The van der Waals surface area contributed by atoms with Crippen LogP contribution in [0.2, 0.25) is 0 Å². The van der Waals surface area contributed by atoms with Crippen molar-refractivity contribution in [1.82, 2.24) is 9.97 Å². The van der Waals surface area contributed by atoms with Crippen LogP contribution < -0.4 is 10.5 Å². The molecule has 1 aromatic rings. The summed E-state index contributed by atoms with van der Waals surface area (Å²) in [7, 11) is 0. The first-order valence-electron chi connectivity index (χ1n) is 4.99. The fourth-order valence-corrected chi connectivity index (χ4v) is 1.32. The smallest absolute Gasteiger partial charge is 0.316 e. The Hall–Kier alpha value is -0.430. The minimum atomic E-state index is -0.271. The molecule has 4 nitrogen and oxygen atoms in total. The maximum atomic E-state index is 6.09. The summed E-state index contributed by atoms with van der Waals surface area (Å²) in [4.78, 5) is 8.11. The van der Waals surface area contributed by atoms with E-state index in [0.29, 0.717) is 12.6 Å². The first kappa shape index (κ1) is 12.6. The maximum absolute atomic E-state index is 6.09. The summed E-state index contributed by atoms with van der Waals surface area (Å²) in [5.41, 5.74) is 5.82. The van der Waals surface area contributed by atoms with Crippen molar-refractivity contribution in [2.45, 2.75) is 32.2 Å². The summed E-state index contributed by atoms with van der Waals surface area (Å²) < 4.78 is 6.45. The van der Waals surface area contributed by atoms with Crippen LogP contribution in [-0.4, -0.2) is 22.1 Å². The Labute approximate surface area is 104 Å². The zero-order valence-corrected chi connectivity index (χ0v) is 11.2. The highest BCUT2D eigenvalue weighted by atomic mass is 127. The molecule has 1 rings (SSSR count). The van der Waals surface area contributed by atoms with Crippen molar-refractivity contribution in [2.24, 2.45) is 5.73 Å². The molecule has 2 N–H and O–H groups in total. The van der Waals surface area contributed by atoms with Gasteiger partial charge in [-0.15, -0.1) is 0 Å². The summed E-state index contributed by atoms with van der Waals surface area (Å²) in [6.45, 7) is 4.57. The summed E-state index contributed by atoms with van der Waals surface area (Å²) in [5, 5.41) is 0. The van der Waals surface area contributed by atoms with Crippen LogP contribution in [0.1, 0.15) is 26.7 Å². The average Bonchev–Trinajstić information content (AvgIpc) is 2.28. The number of nitrogens with two attached hydrogens (primary N) is 1. The van der Waals surface area contributed by atoms with E-state index in [9.17, 15) is 0 Å². The van der Waals surface area contributed by atoms with E-state index in [1.54, 1.807) is 12.4 Å². The lowest BCUT2D eigenvalue weighted by atomic mass is 9.96. The Morgan fingerprint density at radius 3 is 2.33 bits per heavy atom. The lowest BCUT2D eigenvalue weighted by Crippen LogP contribution is -2.44. The molecule has 0 radical (unpaired) electrons. The summed E-state index contributed by atoms with van der Waals surface area (Å²) in [5.74, 6) is 0. The molecule has 0 aliphatic carbocycles. The molecule has 0 amide bonds. The third-order valence-electron chi connectivity index (χ3n) is 2.49. The largest absolute Gasteiger partial charge is 0.462 e. The Balaban J connectivity index is 2.53. The monoisotopic (exact) mass is 321 g/mol. The standard InChI is InChI=1S/C10H16IN3O/c1-3-10(12,4-2)7-15-9-13-5-8(11)6-14-9/h5-6H,3-4,7,12H2,1-2H3.